The second-order valence-electron chi connectivity index (χ2n) is 4.67. The Bertz CT molecular complexity index is 622. The summed E-state index contributed by atoms with van der Waals surface area (Å²) in [4.78, 5) is 4.09. The number of benzene rings is 1. The van der Waals surface area contributed by atoms with E-state index in [0.29, 0.717) is 0 Å². The molecule has 0 saturated carbocycles. The number of rotatable bonds is 4. The maximum Gasteiger partial charge on any atom is 0.0769 e. The minimum atomic E-state index is 0.0865. The Hall–Kier alpha value is -2.62. The lowest BCUT2D eigenvalue weighted by atomic mass is 9.99. The van der Waals surface area contributed by atoms with Gasteiger partial charge in [-0.05, 0) is 23.3 Å². The lowest BCUT2D eigenvalue weighted by molar-refractivity contribution is 0.767. The molecule has 100 valence electrons. The van der Waals surface area contributed by atoms with Crippen LogP contribution in [0.5, 0.6) is 0 Å². The van der Waals surface area contributed by atoms with Crippen LogP contribution in [0.1, 0.15) is 17.2 Å². The van der Waals surface area contributed by atoms with Gasteiger partial charge in [-0.25, -0.2) is 0 Å². The van der Waals surface area contributed by atoms with E-state index in [1.165, 1.54) is 11.1 Å². The quantitative estimate of drug-likeness (QED) is 0.787. The average Bonchev–Trinajstić information content (AvgIpc) is 2.92. The van der Waals surface area contributed by atoms with Gasteiger partial charge in [0.25, 0.3) is 0 Å². The molecule has 0 spiro atoms. The summed E-state index contributed by atoms with van der Waals surface area (Å²) in [5, 5.41) is 7.72. The molecule has 3 aromatic rings. The number of nitrogens with one attached hydrogen (secondary N) is 1. The monoisotopic (exact) mass is 264 g/mol. The lowest BCUT2D eigenvalue weighted by Gasteiger charge is -2.19. The number of pyridine rings is 1. The molecular formula is C16H16N4. The third-order valence-electron chi connectivity index (χ3n) is 3.19. The summed E-state index contributed by atoms with van der Waals surface area (Å²) in [7, 11) is 1.91. The van der Waals surface area contributed by atoms with E-state index in [1.54, 1.807) is 4.68 Å². The molecule has 3 rings (SSSR count). The number of aromatic nitrogens is 3. The first-order valence-electron chi connectivity index (χ1n) is 6.53. The standard InChI is InChI=1S/C16H16N4/c1-20-12-15(11-18-20)19-16(13-5-3-2-4-6-13)14-7-9-17-10-8-14/h2-12,16,19H,1H3. The van der Waals surface area contributed by atoms with Crippen molar-refractivity contribution in [2.45, 2.75) is 6.04 Å². The highest BCUT2D eigenvalue weighted by Gasteiger charge is 2.14. The Kier molecular flexibility index (Phi) is 3.46. The van der Waals surface area contributed by atoms with Crippen LogP contribution in [0, 0.1) is 0 Å². The van der Waals surface area contributed by atoms with E-state index < -0.39 is 0 Å². The van der Waals surface area contributed by atoms with Gasteiger partial charge in [0.05, 0.1) is 17.9 Å². The van der Waals surface area contributed by atoms with Crippen LogP contribution in [0.2, 0.25) is 0 Å². The molecule has 1 atom stereocenters. The Morgan fingerprint density at radius 1 is 1.00 bits per heavy atom. The smallest absolute Gasteiger partial charge is 0.0769 e. The second-order valence-corrected chi connectivity index (χ2v) is 4.67. The van der Waals surface area contributed by atoms with E-state index in [2.05, 4.69) is 39.7 Å². The van der Waals surface area contributed by atoms with E-state index in [-0.39, 0.29) is 6.04 Å². The second kappa shape index (κ2) is 5.57. The zero-order valence-electron chi connectivity index (χ0n) is 11.3. The molecule has 0 saturated heterocycles. The number of hydrogen-bond acceptors (Lipinski definition) is 3. The third-order valence-corrected chi connectivity index (χ3v) is 3.19. The van der Waals surface area contributed by atoms with Crippen LogP contribution in [0.15, 0.2) is 67.3 Å². The van der Waals surface area contributed by atoms with Gasteiger partial charge in [-0.2, -0.15) is 5.10 Å². The van der Waals surface area contributed by atoms with Gasteiger partial charge in [-0.15, -0.1) is 0 Å². The molecule has 0 aliphatic carbocycles. The molecule has 1 unspecified atom stereocenters. The summed E-state index contributed by atoms with van der Waals surface area (Å²) < 4.78 is 1.79. The van der Waals surface area contributed by atoms with E-state index in [9.17, 15) is 0 Å². The van der Waals surface area contributed by atoms with Gasteiger partial charge in [-0.3, -0.25) is 9.67 Å². The highest BCUT2D eigenvalue weighted by Crippen LogP contribution is 2.25. The van der Waals surface area contributed by atoms with Gasteiger partial charge in [0.2, 0.25) is 0 Å². The molecule has 0 bridgehead atoms. The van der Waals surface area contributed by atoms with Crippen molar-refractivity contribution >= 4 is 5.69 Å². The molecule has 4 nitrogen and oxygen atoms in total. The third kappa shape index (κ3) is 2.69. The molecule has 4 heteroatoms. The fraction of sp³-hybridized carbons (Fsp3) is 0.125. The van der Waals surface area contributed by atoms with Crippen molar-refractivity contribution in [3.63, 3.8) is 0 Å². The van der Waals surface area contributed by atoms with Gasteiger partial charge < -0.3 is 5.32 Å². The summed E-state index contributed by atoms with van der Waals surface area (Å²) in [6.07, 6.45) is 7.43. The topological polar surface area (TPSA) is 42.7 Å². The van der Waals surface area contributed by atoms with Crippen molar-refractivity contribution in [1.82, 2.24) is 14.8 Å². The van der Waals surface area contributed by atoms with Crippen molar-refractivity contribution in [1.29, 1.82) is 0 Å². The van der Waals surface area contributed by atoms with Crippen molar-refractivity contribution < 1.29 is 0 Å². The van der Waals surface area contributed by atoms with Crippen molar-refractivity contribution in [3.05, 3.63) is 78.4 Å². The summed E-state index contributed by atoms with van der Waals surface area (Å²) in [5.74, 6) is 0. The molecule has 2 aromatic heterocycles. The van der Waals surface area contributed by atoms with Gasteiger partial charge in [0.1, 0.15) is 0 Å². The SMILES string of the molecule is Cn1cc(NC(c2ccccc2)c2ccncc2)cn1. The predicted molar refractivity (Wildman–Crippen MR) is 79.4 cm³/mol. The van der Waals surface area contributed by atoms with Crippen molar-refractivity contribution in [2.75, 3.05) is 5.32 Å². The van der Waals surface area contributed by atoms with Crippen LogP contribution in [0.4, 0.5) is 5.69 Å². The van der Waals surface area contributed by atoms with Gasteiger partial charge in [0, 0.05) is 25.6 Å². The fourth-order valence-corrected chi connectivity index (χ4v) is 2.22. The molecule has 1 N–H and O–H groups in total. The van der Waals surface area contributed by atoms with Crippen LogP contribution >= 0.6 is 0 Å². The highest BCUT2D eigenvalue weighted by molar-refractivity contribution is 5.46. The van der Waals surface area contributed by atoms with E-state index in [4.69, 9.17) is 0 Å². The molecule has 20 heavy (non-hydrogen) atoms. The fourth-order valence-electron chi connectivity index (χ4n) is 2.22. The Labute approximate surface area is 118 Å². The Balaban J connectivity index is 1.96. The first-order valence-corrected chi connectivity index (χ1v) is 6.53. The molecule has 0 fully saturated rings. The minimum Gasteiger partial charge on any atom is -0.372 e. The Morgan fingerprint density at radius 3 is 2.35 bits per heavy atom. The molecule has 1 aromatic carbocycles. The molecule has 2 heterocycles. The molecule has 0 aliphatic heterocycles. The van der Waals surface area contributed by atoms with Gasteiger partial charge >= 0.3 is 0 Å². The van der Waals surface area contributed by atoms with Gasteiger partial charge in [-0.1, -0.05) is 30.3 Å². The summed E-state index contributed by atoms with van der Waals surface area (Å²) in [6, 6.07) is 14.5. The molecule has 0 amide bonds. The van der Waals surface area contributed by atoms with Crippen LogP contribution in [0.25, 0.3) is 0 Å². The maximum atomic E-state index is 4.20. The average molecular weight is 264 g/mol. The normalized spacial score (nSPS) is 12.1. The van der Waals surface area contributed by atoms with E-state index in [0.717, 1.165) is 5.69 Å². The van der Waals surface area contributed by atoms with Crippen LogP contribution in [-0.2, 0) is 7.05 Å². The van der Waals surface area contributed by atoms with Gasteiger partial charge in [0.15, 0.2) is 0 Å². The first-order chi connectivity index (χ1) is 9.83. The lowest BCUT2D eigenvalue weighted by Crippen LogP contribution is -2.12. The van der Waals surface area contributed by atoms with Crippen LogP contribution in [0.3, 0.4) is 0 Å². The summed E-state index contributed by atoms with van der Waals surface area (Å²) in [5.41, 5.74) is 3.38. The van der Waals surface area contributed by atoms with Crippen LogP contribution < -0.4 is 5.32 Å². The number of nitrogens with zero attached hydrogens (tertiary/aromatic N) is 3. The van der Waals surface area contributed by atoms with Crippen LogP contribution in [-0.4, -0.2) is 14.8 Å². The van der Waals surface area contributed by atoms with E-state index >= 15 is 0 Å². The molecule has 0 aliphatic rings. The minimum absolute atomic E-state index is 0.0865. The largest absolute Gasteiger partial charge is 0.372 e. The molecular weight excluding hydrogens is 248 g/mol. The molecule has 0 radical (unpaired) electrons. The number of anilines is 1. The van der Waals surface area contributed by atoms with E-state index in [1.807, 2.05) is 50.0 Å². The number of hydrogen-bond donors (Lipinski definition) is 1. The first kappa shape index (κ1) is 12.4. The maximum absolute atomic E-state index is 4.20. The van der Waals surface area contributed by atoms with Crippen molar-refractivity contribution in [2.24, 2.45) is 7.05 Å². The van der Waals surface area contributed by atoms with Crippen molar-refractivity contribution in [3.8, 4) is 0 Å². The summed E-state index contributed by atoms with van der Waals surface area (Å²) in [6.45, 7) is 0. The zero-order chi connectivity index (χ0) is 13.8. The Morgan fingerprint density at radius 2 is 1.70 bits per heavy atom. The summed E-state index contributed by atoms with van der Waals surface area (Å²) >= 11 is 0. The highest BCUT2D eigenvalue weighted by atomic mass is 15.3. The predicted octanol–water partition coefficient (Wildman–Crippen LogP) is 3.02. The number of aryl methyl sites for hydroxylation is 1. The zero-order valence-corrected chi connectivity index (χ0v) is 11.3.